The molecule has 0 spiro atoms. The number of nitrogens with one attached hydrogen (secondary N) is 2. The van der Waals surface area contributed by atoms with Gasteiger partial charge in [-0.2, -0.15) is 18.3 Å². The summed E-state index contributed by atoms with van der Waals surface area (Å²) in [5.41, 5.74) is 0.906. The molecule has 198 valence electrons. The Bertz CT molecular complexity index is 1230. The average molecular weight is 543 g/mol. The van der Waals surface area contributed by atoms with Crippen molar-refractivity contribution in [1.29, 1.82) is 0 Å². The maximum absolute atomic E-state index is 14.2. The van der Waals surface area contributed by atoms with Crippen LogP contribution in [0.25, 0.3) is 0 Å². The first kappa shape index (κ1) is 27.8. The lowest BCUT2D eigenvalue weighted by Crippen LogP contribution is -2.39. The van der Waals surface area contributed by atoms with Gasteiger partial charge in [0.2, 0.25) is 0 Å². The molecule has 1 aliphatic rings. The van der Waals surface area contributed by atoms with Gasteiger partial charge in [-0.05, 0) is 37.8 Å². The monoisotopic (exact) mass is 542 g/mol. The number of hydrogen-bond donors (Lipinski definition) is 3. The standard InChI is InChI=1S/C21H22ClFN6O.C2HF3O2/c1-13-11-18(26-17-5-8-24-28-17)27-19(25-13)12-14-6-9-29(10-7-14)21(30)15-3-2-4-16(22)20(15)23;3-2(4,5)1(6)7/h2-5,8,11,14H,6-7,9-10,12H2,1H3,(H2,24,25,26,27,28);(H,6,7). The Morgan fingerprint density at radius 2 is 1.89 bits per heavy atom. The van der Waals surface area contributed by atoms with Crippen LogP contribution in [0.4, 0.5) is 29.2 Å². The summed E-state index contributed by atoms with van der Waals surface area (Å²) >= 11 is 5.81. The van der Waals surface area contributed by atoms with Crippen molar-refractivity contribution >= 4 is 35.1 Å². The molecule has 1 aliphatic heterocycles. The van der Waals surface area contributed by atoms with Gasteiger partial charge in [-0.3, -0.25) is 9.89 Å². The topological polar surface area (TPSA) is 124 Å². The fourth-order valence-electron chi connectivity index (χ4n) is 3.69. The van der Waals surface area contributed by atoms with Crippen LogP contribution in [0, 0.1) is 18.7 Å². The summed E-state index contributed by atoms with van der Waals surface area (Å²) in [7, 11) is 0. The molecule has 1 amide bonds. The van der Waals surface area contributed by atoms with E-state index >= 15 is 0 Å². The Morgan fingerprint density at radius 3 is 2.49 bits per heavy atom. The molecule has 3 N–H and O–H groups in total. The molecule has 3 heterocycles. The molecule has 4 rings (SSSR count). The number of carboxylic acid groups (broad SMARTS) is 1. The minimum atomic E-state index is -5.08. The molecule has 1 fully saturated rings. The summed E-state index contributed by atoms with van der Waals surface area (Å²) in [5, 5.41) is 17.0. The second kappa shape index (κ2) is 12.0. The second-order valence-electron chi connectivity index (χ2n) is 8.25. The van der Waals surface area contributed by atoms with Crippen molar-refractivity contribution in [3.63, 3.8) is 0 Å². The predicted molar refractivity (Wildman–Crippen MR) is 126 cm³/mol. The minimum absolute atomic E-state index is 0.0255. The van der Waals surface area contributed by atoms with Crippen molar-refractivity contribution in [2.45, 2.75) is 32.4 Å². The van der Waals surface area contributed by atoms with E-state index in [1.165, 1.54) is 12.1 Å². The number of rotatable bonds is 5. The molecule has 0 unspecified atom stereocenters. The van der Waals surface area contributed by atoms with Gasteiger partial charge < -0.3 is 15.3 Å². The van der Waals surface area contributed by atoms with E-state index in [2.05, 4.69) is 25.5 Å². The Hall–Kier alpha value is -3.74. The number of carbonyl (C=O) groups excluding carboxylic acids is 1. The molecule has 0 radical (unpaired) electrons. The molecule has 37 heavy (non-hydrogen) atoms. The number of aryl methyl sites for hydroxylation is 1. The first-order valence-electron chi connectivity index (χ1n) is 11.1. The smallest absolute Gasteiger partial charge is 0.475 e. The number of carboxylic acids is 1. The Labute approximate surface area is 213 Å². The summed E-state index contributed by atoms with van der Waals surface area (Å²) in [6.45, 7) is 3.07. The first-order chi connectivity index (χ1) is 17.4. The van der Waals surface area contributed by atoms with Crippen molar-refractivity contribution in [3.8, 4) is 0 Å². The number of aliphatic carboxylic acids is 1. The zero-order valence-electron chi connectivity index (χ0n) is 19.5. The molecular weight excluding hydrogens is 520 g/mol. The number of alkyl halides is 3. The fraction of sp³-hybridized carbons (Fsp3) is 0.348. The van der Waals surface area contributed by atoms with Gasteiger partial charge in [0.25, 0.3) is 5.91 Å². The molecule has 14 heteroatoms. The van der Waals surface area contributed by atoms with Crippen LogP contribution < -0.4 is 5.32 Å². The summed E-state index contributed by atoms with van der Waals surface area (Å²) in [6.07, 6.45) is -1.06. The van der Waals surface area contributed by atoms with Crippen LogP contribution in [0.2, 0.25) is 5.02 Å². The molecular formula is C23H23ClF4N6O3. The summed E-state index contributed by atoms with van der Waals surface area (Å²) in [5.74, 6) is -1.12. The maximum atomic E-state index is 14.2. The number of amides is 1. The van der Waals surface area contributed by atoms with Crippen LogP contribution in [0.1, 0.15) is 34.7 Å². The molecule has 0 aliphatic carbocycles. The highest BCUT2D eigenvalue weighted by molar-refractivity contribution is 6.31. The summed E-state index contributed by atoms with van der Waals surface area (Å²) in [4.78, 5) is 32.4. The van der Waals surface area contributed by atoms with Crippen LogP contribution in [0.3, 0.4) is 0 Å². The maximum Gasteiger partial charge on any atom is 0.490 e. The van der Waals surface area contributed by atoms with Gasteiger partial charge in [-0.15, -0.1) is 0 Å². The van der Waals surface area contributed by atoms with Gasteiger partial charge in [0.05, 0.1) is 16.8 Å². The van der Waals surface area contributed by atoms with Gasteiger partial charge >= 0.3 is 12.1 Å². The molecule has 1 saturated heterocycles. The van der Waals surface area contributed by atoms with Crippen LogP contribution in [-0.4, -0.2) is 61.3 Å². The Balaban J connectivity index is 0.000000479. The van der Waals surface area contributed by atoms with E-state index in [0.29, 0.717) is 24.8 Å². The highest BCUT2D eigenvalue weighted by Crippen LogP contribution is 2.25. The normalized spacial score (nSPS) is 14.1. The Kier molecular flexibility index (Phi) is 9.03. The zero-order valence-corrected chi connectivity index (χ0v) is 20.3. The minimum Gasteiger partial charge on any atom is -0.475 e. The van der Waals surface area contributed by atoms with Crippen molar-refractivity contribution in [2.24, 2.45) is 5.92 Å². The number of hydrogen-bond acceptors (Lipinski definition) is 6. The van der Waals surface area contributed by atoms with E-state index in [-0.39, 0.29) is 16.5 Å². The van der Waals surface area contributed by atoms with E-state index in [0.717, 1.165) is 36.6 Å². The van der Waals surface area contributed by atoms with Crippen molar-refractivity contribution in [2.75, 3.05) is 18.4 Å². The SMILES string of the molecule is Cc1cc(Nc2ccn[nH]2)nc(CC2CCN(C(=O)c3cccc(Cl)c3F)CC2)n1.O=C(O)C(F)(F)F. The van der Waals surface area contributed by atoms with Crippen LogP contribution in [0.5, 0.6) is 0 Å². The number of aromatic amines is 1. The summed E-state index contributed by atoms with van der Waals surface area (Å²) in [6, 6.07) is 8.22. The number of benzene rings is 1. The second-order valence-corrected chi connectivity index (χ2v) is 8.66. The molecule has 2 aromatic heterocycles. The molecule has 0 bridgehead atoms. The quantitative estimate of drug-likeness (QED) is 0.397. The average Bonchev–Trinajstić information content (AvgIpc) is 3.33. The number of aromatic nitrogens is 4. The first-order valence-corrected chi connectivity index (χ1v) is 11.5. The van der Waals surface area contributed by atoms with Crippen molar-refractivity contribution in [3.05, 3.63) is 64.5 Å². The van der Waals surface area contributed by atoms with Gasteiger partial charge in [0.15, 0.2) is 5.82 Å². The van der Waals surface area contributed by atoms with E-state index in [1.807, 2.05) is 19.1 Å². The molecule has 0 atom stereocenters. The lowest BCUT2D eigenvalue weighted by atomic mass is 9.92. The fourth-order valence-corrected chi connectivity index (χ4v) is 3.86. The number of H-pyrrole nitrogens is 1. The third kappa shape index (κ3) is 7.87. The van der Waals surface area contributed by atoms with Crippen LogP contribution in [0.15, 0.2) is 36.5 Å². The van der Waals surface area contributed by atoms with Gasteiger partial charge in [-0.25, -0.2) is 19.2 Å². The molecule has 9 nitrogen and oxygen atoms in total. The Morgan fingerprint density at radius 1 is 1.22 bits per heavy atom. The molecule has 0 saturated carbocycles. The zero-order chi connectivity index (χ0) is 27.2. The van der Waals surface area contributed by atoms with Gasteiger partial charge in [-0.1, -0.05) is 17.7 Å². The van der Waals surface area contributed by atoms with E-state index < -0.39 is 18.0 Å². The van der Waals surface area contributed by atoms with Crippen molar-refractivity contribution < 1.29 is 32.3 Å². The van der Waals surface area contributed by atoms with Crippen molar-refractivity contribution in [1.82, 2.24) is 25.1 Å². The lowest BCUT2D eigenvalue weighted by Gasteiger charge is -2.32. The summed E-state index contributed by atoms with van der Waals surface area (Å²) < 4.78 is 45.9. The third-order valence-electron chi connectivity index (χ3n) is 5.46. The number of likely N-dealkylation sites (tertiary alicyclic amines) is 1. The highest BCUT2D eigenvalue weighted by Gasteiger charge is 2.38. The number of piperidine rings is 1. The highest BCUT2D eigenvalue weighted by atomic mass is 35.5. The predicted octanol–water partition coefficient (Wildman–Crippen LogP) is 4.77. The third-order valence-corrected chi connectivity index (χ3v) is 5.75. The van der Waals surface area contributed by atoms with E-state index in [9.17, 15) is 22.4 Å². The van der Waals surface area contributed by atoms with E-state index in [1.54, 1.807) is 17.2 Å². The van der Waals surface area contributed by atoms with Crippen LogP contribution >= 0.6 is 11.6 Å². The molecule has 3 aromatic rings. The largest absolute Gasteiger partial charge is 0.490 e. The number of nitrogens with zero attached hydrogens (tertiary/aromatic N) is 4. The van der Waals surface area contributed by atoms with Crippen LogP contribution in [-0.2, 0) is 11.2 Å². The lowest BCUT2D eigenvalue weighted by molar-refractivity contribution is -0.192. The van der Waals surface area contributed by atoms with E-state index in [4.69, 9.17) is 21.5 Å². The number of halogens is 5. The van der Waals surface area contributed by atoms with Gasteiger partial charge in [0, 0.05) is 37.3 Å². The molecule has 1 aromatic carbocycles. The number of carbonyl (C=O) groups is 2. The van der Waals surface area contributed by atoms with Gasteiger partial charge in [0.1, 0.15) is 17.5 Å². The number of anilines is 2.